The largest absolute Gasteiger partial charge is 0.465 e. The van der Waals surface area contributed by atoms with E-state index in [0.29, 0.717) is 0 Å². The predicted molar refractivity (Wildman–Crippen MR) is 95.2 cm³/mol. The monoisotopic (exact) mass is 379 g/mol. The van der Waals surface area contributed by atoms with Gasteiger partial charge in [-0.25, -0.2) is 0 Å². The Balaban J connectivity index is 3.09. The number of amides is 1. The lowest BCUT2D eigenvalue weighted by Gasteiger charge is -2.26. The summed E-state index contributed by atoms with van der Waals surface area (Å²) in [5.41, 5.74) is -1.68. The van der Waals surface area contributed by atoms with E-state index < -0.39 is 35.7 Å². The van der Waals surface area contributed by atoms with Crippen LogP contribution in [0.4, 0.5) is 0 Å². The van der Waals surface area contributed by atoms with Crippen molar-refractivity contribution in [3.05, 3.63) is 35.9 Å². The van der Waals surface area contributed by atoms with Crippen LogP contribution in [0.3, 0.4) is 0 Å². The highest BCUT2D eigenvalue weighted by Crippen LogP contribution is 2.29. The maximum atomic E-state index is 12.5. The zero-order valence-corrected chi connectivity index (χ0v) is 15.8. The molecule has 0 bridgehead atoms. The zero-order valence-electron chi connectivity index (χ0n) is 15.8. The minimum Gasteiger partial charge on any atom is -0.465 e. The van der Waals surface area contributed by atoms with Crippen molar-refractivity contribution in [2.45, 2.75) is 33.7 Å². The van der Waals surface area contributed by atoms with Crippen molar-refractivity contribution >= 4 is 23.8 Å². The number of carbonyl (C=O) groups excluding carboxylic acids is 4. The smallest absolute Gasteiger partial charge is 0.335 e. The van der Waals surface area contributed by atoms with Crippen molar-refractivity contribution in [3.63, 3.8) is 0 Å². The van der Waals surface area contributed by atoms with Crippen molar-refractivity contribution in [1.82, 2.24) is 5.32 Å². The summed E-state index contributed by atoms with van der Waals surface area (Å²) in [6.07, 6.45) is -0.768. The van der Waals surface area contributed by atoms with E-state index in [0.717, 1.165) is 5.56 Å². The van der Waals surface area contributed by atoms with Gasteiger partial charge in [-0.1, -0.05) is 30.3 Å². The molecule has 0 aromatic heterocycles. The molecule has 1 aromatic carbocycles. The summed E-state index contributed by atoms with van der Waals surface area (Å²) in [4.78, 5) is 49.9. The molecule has 148 valence electrons. The minimum atomic E-state index is -2.50. The Morgan fingerprint density at radius 3 is 1.67 bits per heavy atom. The van der Waals surface area contributed by atoms with Gasteiger partial charge in [0, 0.05) is 6.54 Å². The van der Waals surface area contributed by atoms with Gasteiger partial charge in [0.05, 0.1) is 26.2 Å². The van der Waals surface area contributed by atoms with Gasteiger partial charge in [-0.2, -0.15) is 0 Å². The van der Waals surface area contributed by atoms with Gasteiger partial charge in [0.2, 0.25) is 5.91 Å². The van der Waals surface area contributed by atoms with E-state index in [-0.39, 0.29) is 26.4 Å². The normalized spacial score (nSPS) is 10.6. The fraction of sp³-hybridized carbons (Fsp3) is 0.474. The molecule has 1 N–H and O–H groups in total. The summed E-state index contributed by atoms with van der Waals surface area (Å²) in [7, 11) is 0. The van der Waals surface area contributed by atoms with Gasteiger partial charge in [0.1, 0.15) is 0 Å². The van der Waals surface area contributed by atoms with E-state index in [1.807, 2.05) is 18.2 Å². The summed E-state index contributed by atoms with van der Waals surface area (Å²) < 4.78 is 14.7. The summed E-state index contributed by atoms with van der Waals surface area (Å²) in [6.45, 7) is 4.50. The Morgan fingerprint density at radius 2 is 1.26 bits per heavy atom. The van der Waals surface area contributed by atoms with Gasteiger partial charge in [-0.05, 0) is 26.3 Å². The standard InChI is InChI=1S/C19H25NO7/c1-4-25-16(22)19(17(23)26-5-2,18(24)27-6-3)12-15(21)20-13-14-10-8-7-9-11-14/h7-11H,4-6,12-13H2,1-3H3,(H,20,21). The molecule has 8 nitrogen and oxygen atoms in total. The van der Waals surface area contributed by atoms with E-state index in [1.54, 1.807) is 12.1 Å². The van der Waals surface area contributed by atoms with Crippen LogP contribution in [-0.2, 0) is 39.9 Å². The summed E-state index contributed by atoms with van der Waals surface area (Å²) in [5.74, 6) is -4.20. The maximum Gasteiger partial charge on any atom is 0.335 e. The molecule has 0 radical (unpaired) electrons. The highest BCUT2D eigenvalue weighted by Gasteiger charge is 2.58. The SMILES string of the molecule is CCOC(=O)C(CC(=O)NCc1ccccc1)(C(=O)OCC)C(=O)OCC. The Hall–Kier alpha value is -2.90. The molecule has 0 spiro atoms. The van der Waals surface area contributed by atoms with Crippen molar-refractivity contribution < 1.29 is 33.4 Å². The molecule has 27 heavy (non-hydrogen) atoms. The average Bonchev–Trinajstić information content (AvgIpc) is 2.65. The highest BCUT2D eigenvalue weighted by molar-refractivity contribution is 6.20. The first kappa shape index (κ1) is 22.1. The molecule has 0 saturated heterocycles. The second-order valence-corrected chi connectivity index (χ2v) is 5.51. The second-order valence-electron chi connectivity index (χ2n) is 5.51. The van der Waals surface area contributed by atoms with Crippen LogP contribution in [0.2, 0.25) is 0 Å². The molecule has 0 aliphatic heterocycles. The number of hydrogen-bond acceptors (Lipinski definition) is 7. The summed E-state index contributed by atoms with van der Waals surface area (Å²) >= 11 is 0. The maximum absolute atomic E-state index is 12.5. The van der Waals surface area contributed by atoms with Crippen molar-refractivity contribution in [2.24, 2.45) is 5.41 Å². The van der Waals surface area contributed by atoms with Crippen LogP contribution in [0.15, 0.2) is 30.3 Å². The molecule has 0 unspecified atom stereocenters. The third-order valence-corrected chi connectivity index (χ3v) is 3.63. The van der Waals surface area contributed by atoms with E-state index in [2.05, 4.69) is 5.32 Å². The lowest BCUT2D eigenvalue weighted by molar-refractivity contribution is -0.185. The van der Waals surface area contributed by atoms with Crippen LogP contribution in [-0.4, -0.2) is 43.6 Å². The van der Waals surface area contributed by atoms with Gasteiger partial charge in [0.25, 0.3) is 5.41 Å². The molecule has 0 saturated carbocycles. The quantitative estimate of drug-likeness (QED) is 0.371. The molecule has 1 amide bonds. The second kappa shape index (κ2) is 10.9. The molecule has 1 rings (SSSR count). The number of rotatable bonds is 10. The first-order valence-electron chi connectivity index (χ1n) is 8.74. The van der Waals surface area contributed by atoms with Crippen LogP contribution in [0, 0.1) is 5.41 Å². The van der Waals surface area contributed by atoms with E-state index in [4.69, 9.17) is 14.2 Å². The number of carbonyl (C=O) groups is 4. The van der Waals surface area contributed by atoms with Crippen LogP contribution in [0.25, 0.3) is 0 Å². The van der Waals surface area contributed by atoms with Crippen molar-refractivity contribution in [1.29, 1.82) is 0 Å². The van der Waals surface area contributed by atoms with E-state index >= 15 is 0 Å². The van der Waals surface area contributed by atoms with Gasteiger partial charge in [-0.15, -0.1) is 0 Å². The minimum absolute atomic E-state index is 0.0783. The first-order chi connectivity index (χ1) is 12.9. The van der Waals surface area contributed by atoms with Crippen LogP contribution in [0.5, 0.6) is 0 Å². The number of hydrogen-bond donors (Lipinski definition) is 1. The lowest BCUT2D eigenvalue weighted by atomic mass is 9.83. The highest BCUT2D eigenvalue weighted by atomic mass is 16.6. The van der Waals surface area contributed by atoms with E-state index in [9.17, 15) is 19.2 Å². The average molecular weight is 379 g/mol. The fourth-order valence-electron chi connectivity index (χ4n) is 2.33. The third kappa shape index (κ3) is 5.80. The Kier molecular flexibility index (Phi) is 8.98. The molecule has 0 aliphatic rings. The molecule has 0 fully saturated rings. The fourth-order valence-corrected chi connectivity index (χ4v) is 2.33. The zero-order chi connectivity index (χ0) is 20.3. The molecular formula is C19H25NO7. The van der Waals surface area contributed by atoms with Crippen LogP contribution < -0.4 is 5.32 Å². The van der Waals surface area contributed by atoms with Crippen molar-refractivity contribution in [2.75, 3.05) is 19.8 Å². The Bertz CT molecular complexity index is 612. The molecular weight excluding hydrogens is 354 g/mol. The third-order valence-electron chi connectivity index (χ3n) is 3.63. The molecule has 8 heteroatoms. The topological polar surface area (TPSA) is 108 Å². The number of ether oxygens (including phenoxy) is 3. The van der Waals surface area contributed by atoms with E-state index in [1.165, 1.54) is 20.8 Å². The first-order valence-corrected chi connectivity index (χ1v) is 8.74. The number of esters is 3. The molecule has 1 aromatic rings. The molecule has 0 heterocycles. The van der Waals surface area contributed by atoms with Gasteiger partial charge >= 0.3 is 17.9 Å². The number of nitrogens with one attached hydrogen (secondary N) is 1. The Labute approximate surface area is 158 Å². The lowest BCUT2D eigenvalue weighted by Crippen LogP contribution is -2.52. The van der Waals surface area contributed by atoms with Gasteiger partial charge in [0.15, 0.2) is 0 Å². The van der Waals surface area contributed by atoms with Crippen LogP contribution >= 0.6 is 0 Å². The van der Waals surface area contributed by atoms with Gasteiger partial charge < -0.3 is 19.5 Å². The summed E-state index contributed by atoms with van der Waals surface area (Å²) in [5, 5.41) is 2.58. The number of benzene rings is 1. The van der Waals surface area contributed by atoms with Gasteiger partial charge in [-0.3, -0.25) is 19.2 Å². The molecule has 0 aliphatic carbocycles. The predicted octanol–water partition coefficient (Wildman–Crippen LogP) is 1.37. The van der Waals surface area contributed by atoms with Crippen LogP contribution in [0.1, 0.15) is 32.8 Å². The summed E-state index contributed by atoms with van der Waals surface area (Å²) in [6, 6.07) is 9.05. The molecule has 0 atom stereocenters. The van der Waals surface area contributed by atoms with Crippen molar-refractivity contribution in [3.8, 4) is 0 Å². The Morgan fingerprint density at radius 1 is 0.815 bits per heavy atom.